The summed E-state index contributed by atoms with van der Waals surface area (Å²) in [6, 6.07) is 3.06. The van der Waals surface area contributed by atoms with Gasteiger partial charge in [-0.05, 0) is 32.9 Å². The molecule has 0 saturated heterocycles. The van der Waals surface area contributed by atoms with Crippen molar-refractivity contribution in [2.75, 3.05) is 5.32 Å². The lowest BCUT2D eigenvalue weighted by atomic mass is 10.0. The van der Waals surface area contributed by atoms with Crippen LogP contribution >= 0.6 is 34.8 Å². The second-order valence-electron chi connectivity index (χ2n) is 4.27. The van der Waals surface area contributed by atoms with E-state index in [-0.39, 0.29) is 6.04 Å². The van der Waals surface area contributed by atoms with E-state index in [0.717, 1.165) is 0 Å². The number of anilines is 1. The highest BCUT2D eigenvalue weighted by atomic mass is 35.5. The third-order valence-electron chi connectivity index (χ3n) is 2.44. The fraction of sp³-hybridized carbons (Fsp3) is 0.455. The molecule has 1 atom stereocenters. The number of nitrogens with one attached hydrogen (secondary N) is 1. The summed E-state index contributed by atoms with van der Waals surface area (Å²) in [5, 5.41) is 14.2. The Labute approximate surface area is 111 Å². The lowest BCUT2D eigenvalue weighted by Gasteiger charge is -2.28. The summed E-state index contributed by atoms with van der Waals surface area (Å²) < 4.78 is 0. The van der Waals surface area contributed by atoms with Crippen LogP contribution in [0.1, 0.15) is 20.8 Å². The van der Waals surface area contributed by atoms with E-state index in [9.17, 15) is 5.11 Å². The van der Waals surface area contributed by atoms with Crippen LogP contribution in [0.15, 0.2) is 12.1 Å². The molecule has 2 nitrogen and oxygen atoms in total. The molecule has 0 aromatic heterocycles. The van der Waals surface area contributed by atoms with Crippen LogP contribution < -0.4 is 5.32 Å². The third-order valence-corrected chi connectivity index (χ3v) is 3.48. The van der Waals surface area contributed by atoms with Gasteiger partial charge in [-0.15, -0.1) is 0 Å². The van der Waals surface area contributed by atoms with E-state index in [1.807, 2.05) is 6.92 Å². The van der Waals surface area contributed by atoms with E-state index >= 15 is 0 Å². The summed E-state index contributed by atoms with van der Waals surface area (Å²) in [6.45, 7) is 5.30. The molecule has 0 bridgehead atoms. The first-order valence-corrected chi connectivity index (χ1v) is 5.98. The van der Waals surface area contributed by atoms with Crippen LogP contribution in [0.2, 0.25) is 15.1 Å². The van der Waals surface area contributed by atoms with Crippen molar-refractivity contribution in [3.8, 4) is 0 Å². The Morgan fingerprint density at radius 2 is 1.62 bits per heavy atom. The number of benzene rings is 1. The molecule has 1 aromatic rings. The first-order valence-electron chi connectivity index (χ1n) is 4.85. The molecular weight excluding hydrogens is 268 g/mol. The zero-order chi connectivity index (χ0) is 12.5. The van der Waals surface area contributed by atoms with Crippen LogP contribution in [-0.4, -0.2) is 16.7 Å². The molecule has 0 spiro atoms. The molecule has 0 amide bonds. The summed E-state index contributed by atoms with van der Waals surface area (Å²) in [6.07, 6.45) is 0. The maximum Gasteiger partial charge on any atom is 0.0789 e. The molecule has 0 heterocycles. The van der Waals surface area contributed by atoms with Crippen molar-refractivity contribution in [1.82, 2.24) is 0 Å². The quantitative estimate of drug-likeness (QED) is 0.814. The average Bonchev–Trinajstić information content (AvgIpc) is 2.12. The van der Waals surface area contributed by atoms with E-state index in [4.69, 9.17) is 34.8 Å². The Bertz CT molecular complexity index is 388. The lowest BCUT2D eigenvalue weighted by molar-refractivity contribution is 0.0649. The van der Waals surface area contributed by atoms with Gasteiger partial charge in [0.05, 0.1) is 32.4 Å². The van der Waals surface area contributed by atoms with Gasteiger partial charge in [-0.1, -0.05) is 34.8 Å². The van der Waals surface area contributed by atoms with Crippen LogP contribution in [0.3, 0.4) is 0 Å². The minimum atomic E-state index is -0.852. The Balaban J connectivity index is 2.94. The molecule has 0 aliphatic rings. The predicted octanol–water partition coefficient (Wildman–Crippen LogP) is 4.22. The molecule has 5 heteroatoms. The van der Waals surface area contributed by atoms with E-state index in [1.165, 1.54) is 0 Å². The molecule has 1 unspecified atom stereocenters. The highest BCUT2D eigenvalue weighted by molar-refractivity contribution is 6.44. The zero-order valence-corrected chi connectivity index (χ0v) is 11.6. The molecule has 0 saturated carbocycles. The molecule has 1 aromatic carbocycles. The van der Waals surface area contributed by atoms with Crippen LogP contribution in [0.4, 0.5) is 5.69 Å². The number of aliphatic hydroxyl groups is 1. The van der Waals surface area contributed by atoms with Gasteiger partial charge in [-0.3, -0.25) is 0 Å². The van der Waals surface area contributed by atoms with Gasteiger partial charge >= 0.3 is 0 Å². The minimum absolute atomic E-state index is 0.165. The maximum atomic E-state index is 9.80. The Morgan fingerprint density at radius 3 is 2.12 bits per heavy atom. The Hall–Kier alpha value is -0.150. The SMILES string of the molecule is CC(Nc1cc(Cl)c(Cl)cc1Cl)C(C)(C)O. The molecule has 0 aliphatic carbocycles. The second kappa shape index (κ2) is 5.01. The van der Waals surface area contributed by atoms with Crippen LogP contribution in [-0.2, 0) is 0 Å². The number of hydrogen-bond donors (Lipinski definition) is 2. The first kappa shape index (κ1) is 13.9. The Kier molecular flexibility index (Phi) is 4.35. The molecule has 0 fully saturated rings. The molecule has 0 aliphatic heterocycles. The second-order valence-corrected chi connectivity index (χ2v) is 5.49. The van der Waals surface area contributed by atoms with Gasteiger partial charge in [0.1, 0.15) is 0 Å². The first-order chi connectivity index (χ1) is 7.21. The highest BCUT2D eigenvalue weighted by Gasteiger charge is 2.22. The van der Waals surface area contributed by atoms with Crippen molar-refractivity contribution in [2.24, 2.45) is 0 Å². The zero-order valence-electron chi connectivity index (χ0n) is 9.31. The Morgan fingerprint density at radius 1 is 1.12 bits per heavy atom. The lowest BCUT2D eigenvalue weighted by Crippen LogP contribution is -2.39. The van der Waals surface area contributed by atoms with Crippen molar-refractivity contribution in [3.05, 3.63) is 27.2 Å². The monoisotopic (exact) mass is 281 g/mol. The molecule has 0 radical (unpaired) electrons. The molecule has 16 heavy (non-hydrogen) atoms. The van der Waals surface area contributed by atoms with Crippen molar-refractivity contribution >= 4 is 40.5 Å². The molecular formula is C11H14Cl3NO. The van der Waals surface area contributed by atoms with Crippen molar-refractivity contribution < 1.29 is 5.11 Å². The van der Waals surface area contributed by atoms with Gasteiger partial charge in [-0.25, -0.2) is 0 Å². The number of hydrogen-bond acceptors (Lipinski definition) is 2. The van der Waals surface area contributed by atoms with E-state index < -0.39 is 5.60 Å². The standard InChI is InChI=1S/C11H14Cl3NO/c1-6(11(2,3)16)15-10-5-8(13)7(12)4-9(10)14/h4-6,15-16H,1-3H3. The normalized spacial score (nSPS) is 13.7. The number of halogens is 3. The average molecular weight is 283 g/mol. The van der Waals surface area contributed by atoms with Crippen LogP contribution in [0.5, 0.6) is 0 Å². The van der Waals surface area contributed by atoms with Crippen molar-refractivity contribution in [3.63, 3.8) is 0 Å². The summed E-state index contributed by atoms with van der Waals surface area (Å²) in [5.74, 6) is 0. The molecule has 2 N–H and O–H groups in total. The summed E-state index contributed by atoms with van der Waals surface area (Å²) in [5.41, 5.74) is -0.194. The highest BCUT2D eigenvalue weighted by Crippen LogP contribution is 2.33. The largest absolute Gasteiger partial charge is 0.388 e. The maximum absolute atomic E-state index is 9.80. The van der Waals surface area contributed by atoms with Gasteiger partial charge in [0.25, 0.3) is 0 Å². The van der Waals surface area contributed by atoms with E-state index in [0.29, 0.717) is 20.8 Å². The van der Waals surface area contributed by atoms with E-state index in [1.54, 1.807) is 26.0 Å². The van der Waals surface area contributed by atoms with Crippen molar-refractivity contribution in [1.29, 1.82) is 0 Å². The summed E-state index contributed by atoms with van der Waals surface area (Å²) in [4.78, 5) is 0. The van der Waals surface area contributed by atoms with Gasteiger partial charge in [0.2, 0.25) is 0 Å². The fourth-order valence-electron chi connectivity index (χ4n) is 1.04. The van der Waals surface area contributed by atoms with E-state index in [2.05, 4.69) is 5.32 Å². The topological polar surface area (TPSA) is 32.3 Å². The summed E-state index contributed by atoms with van der Waals surface area (Å²) >= 11 is 17.7. The van der Waals surface area contributed by atoms with Crippen LogP contribution in [0, 0.1) is 0 Å². The van der Waals surface area contributed by atoms with Crippen LogP contribution in [0.25, 0.3) is 0 Å². The predicted molar refractivity (Wildman–Crippen MR) is 70.9 cm³/mol. The van der Waals surface area contributed by atoms with Crippen molar-refractivity contribution in [2.45, 2.75) is 32.4 Å². The fourth-order valence-corrected chi connectivity index (χ4v) is 1.64. The third kappa shape index (κ3) is 3.42. The molecule has 1 rings (SSSR count). The minimum Gasteiger partial charge on any atom is -0.388 e. The van der Waals surface area contributed by atoms with Gasteiger partial charge < -0.3 is 10.4 Å². The number of rotatable bonds is 3. The van der Waals surface area contributed by atoms with Gasteiger partial charge in [0.15, 0.2) is 0 Å². The smallest absolute Gasteiger partial charge is 0.0789 e. The van der Waals surface area contributed by atoms with Gasteiger partial charge in [0, 0.05) is 0 Å². The summed E-state index contributed by atoms with van der Waals surface area (Å²) in [7, 11) is 0. The van der Waals surface area contributed by atoms with Gasteiger partial charge in [-0.2, -0.15) is 0 Å². The molecule has 90 valence electrons.